The molecule has 0 atom stereocenters. The van der Waals surface area contributed by atoms with Gasteiger partial charge in [0.15, 0.2) is 6.79 Å². The van der Waals surface area contributed by atoms with Crippen molar-refractivity contribution in [1.29, 1.82) is 0 Å². The van der Waals surface area contributed by atoms with Crippen LogP contribution in [0, 0.1) is 0 Å². The summed E-state index contributed by atoms with van der Waals surface area (Å²) < 4.78 is 10.7. The highest BCUT2D eigenvalue weighted by Crippen LogP contribution is 2.17. The van der Waals surface area contributed by atoms with E-state index in [1.807, 2.05) is 0 Å². The molecule has 0 aliphatic heterocycles. The van der Waals surface area contributed by atoms with E-state index in [2.05, 4.69) is 19.6 Å². The van der Waals surface area contributed by atoms with Crippen LogP contribution >= 0.6 is 0 Å². The van der Waals surface area contributed by atoms with Gasteiger partial charge in [0, 0.05) is 14.7 Å². The van der Waals surface area contributed by atoms with E-state index in [0.29, 0.717) is 12.4 Å². The quantitative estimate of drug-likeness (QED) is 0.469. The van der Waals surface area contributed by atoms with Gasteiger partial charge in [-0.2, -0.15) is 0 Å². The summed E-state index contributed by atoms with van der Waals surface area (Å²) in [7, 11) is -1.09. The zero-order valence-electron chi connectivity index (χ0n) is 11.1. The molecule has 1 aromatic rings. The van der Waals surface area contributed by atoms with Crippen LogP contribution in [0.1, 0.15) is 10.4 Å². The van der Waals surface area contributed by atoms with Gasteiger partial charge in [-0.1, -0.05) is 31.8 Å². The van der Waals surface area contributed by atoms with E-state index in [0.717, 1.165) is 6.04 Å². The molecule has 0 heterocycles. The van der Waals surface area contributed by atoms with Crippen molar-refractivity contribution in [3.05, 3.63) is 29.8 Å². The molecule has 0 aliphatic carbocycles. The summed E-state index contributed by atoms with van der Waals surface area (Å²) in [6.07, 6.45) is 0. The lowest BCUT2D eigenvalue weighted by atomic mass is 10.2. The summed E-state index contributed by atoms with van der Waals surface area (Å²) in [5.41, 5.74) is 0.159. The molecule has 0 fully saturated rings. The summed E-state index contributed by atoms with van der Waals surface area (Å²) in [6.45, 7) is 7.57. The number of carboxylic acid groups (broad SMARTS) is 1. The van der Waals surface area contributed by atoms with Gasteiger partial charge in [0.2, 0.25) is 0 Å². The van der Waals surface area contributed by atoms with Gasteiger partial charge in [0.05, 0.1) is 0 Å². The average Bonchev–Trinajstić information content (AvgIpc) is 2.27. The zero-order chi connectivity index (χ0) is 13.6. The molecule has 18 heavy (non-hydrogen) atoms. The predicted molar refractivity (Wildman–Crippen MR) is 73.0 cm³/mol. The van der Waals surface area contributed by atoms with E-state index in [-0.39, 0.29) is 12.4 Å². The summed E-state index contributed by atoms with van der Waals surface area (Å²) >= 11 is 0. The number of rotatable bonds is 7. The Kier molecular flexibility index (Phi) is 5.37. The number of ether oxygens (including phenoxy) is 2. The minimum absolute atomic E-state index is 0.0920. The van der Waals surface area contributed by atoms with E-state index >= 15 is 0 Å². The molecule has 0 aliphatic rings. The SMILES string of the molecule is C[Si](C)(C)CCOCOc1ccccc1C(=O)O. The van der Waals surface area contributed by atoms with Crippen LogP contribution in [0.5, 0.6) is 5.75 Å². The van der Waals surface area contributed by atoms with Crippen molar-refractivity contribution >= 4 is 14.0 Å². The molecule has 0 aromatic heterocycles. The lowest BCUT2D eigenvalue weighted by molar-refractivity contribution is 0.0210. The Morgan fingerprint density at radius 3 is 2.56 bits per heavy atom. The zero-order valence-corrected chi connectivity index (χ0v) is 12.1. The number of benzene rings is 1. The van der Waals surface area contributed by atoms with E-state index in [1.165, 1.54) is 6.07 Å². The molecule has 1 rings (SSSR count). The fraction of sp³-hybridized carbons (Fsp3) is 0.462. The van der Waals surface area contributed by atoms with Gasteiger partial charge in [-0.05, 0) is 18.2 Å². The normalized spacial score (nSPS) is 11.3. The fourth-order valence-electron chi connectivity index (χ4n) is 1.31. The van der Waals surface area contributed by atoms with Gasteiger partial charge >= 0.3 is 5.97 Å². The second-order valence-electron chi connectivity index (χ2n) is 5.28. The molecule has 100 valence electrons. The van der Waals surface area contributed by atoms with Gasteiger partial charge in [0.1, 0.15) is 11.3 Å². The lowest BCUT2D eigenvalue weighted by Crippen LogP contribution is -2.22. The number of carboxylic acids is 1. The Hall–Kier alpha value is -1.33. The molecule has 1 aromatic carbocycles. The van der Waals surface area contributed by atoms with Gasteiger partial charge < -0.3 is 14.6 Å². The van der Waals surface area contributed by atoms with Crippen LogP contribution in [0.2, 0.25) is 25.7 Å². The third-order valence-corrected chi connectivity index (χ3v) is 4.12. The summed E-state index contributed by atoms with van der Waals surface area (Å²) in [6, 6.07) is 7.62. The van der Waals surface area contributed by atoms with Gasteiger partial charge in [-0.15, -0.1) is 0 Å². The topological polar surface area (TPSA) is 55.8 Å². The smallest absolute Gasteiger partial charge is 0.339 e. The molecule has 0 saturated heterocycles. The van der Waals surface area contributed by atoms with Crippen molar-refractivity contribution in [3.8, 4) is 5.75 Å². The molecule has 0 saturated carbocycles. The summed E-state index contributed by atoms with van der Waals surface area (Å²) in [5.74, 6) is -0.647. The van der Waals surface area contributed by atoms with Gasteiger partial charge in [-0.3, -0.25) is 0 Å². The number of carbonyl (C=O) groups is 1. The van der Waals surface area contributed by atoms with Gasteiger partial charge in [-0.25, -0.2) is 4.79 Å². The molecule has 0 bridgehead atoms. The van der Waals surface area contributed by atoms with Crippen molar-refractivity contribution < 1.29 is 19.4 Å². The molecule has 5 heteroatoms. The summed E-state index contributed by atoms with van der Waals surface area (Å²) in [5, 5.41) is 8.96. The van der Waals surface area contributed by atoms with Crippen LogP contribution in [-0.4, -0.2) is 32.5 Å². The predicted octanol–water partition coefficient (Wildman–Crippen LogP) is 3.08. The minimum atomic E-state index is -1.09. The van der Waals surface area contributed by atoms with Crippen LogP contribution in [0.25, 0.3) is 0 Å². The first-order valence-corrected chi connectivity index (χ1v) is 9.64. The van der Waals surface area contributed by atoms with Crippen LogP contribution < -0.4 is 4.74 Å². The first-order chi connectivity index (χ1) is 8.40. The van der Waals surface area contributed by atoms with Gasteiger partial charge in [0.25, 0.3) is 0 Å². The number of hydrogen-bond acceptors (Lipinski definition) is 3. The number of aromatic carboxylic acids is 1. The first kappa shape index (κ1) is 14.7. The minimum Gasteiger partial charge on any atom is -0.478 e. The summed E-state index contributed by atoms with van der Waals surface area (Å²) in [4.78, 5) is 10.9. The third kappa shape index (κ3) is 5.33. The monoisotopic (exact) mass is 268 g/mol. The van der Waals surface area contributed by atoms with Crippen LogP contribution in [0.15, 0.2) is 24.3 Å². The first-order valence-electron chi connectivity index (χ1n) is 5.93. The molecule has 0 unspecified atom stereocenters. The second-order valence-corrected chi connectivity index (χ2v) is 10.9. The van der Waals surface area contributed by atoms with Crippen molar-refractivity contribution in [3.63, 3.8) is 0 Å². The Balaban J connectivity index is 2.38. The Labute approximate surface area is 109 Å². The maximum Gasteiger partial charge on any atom is 0.339 e. The maximum atomic E-state index is 10.9. The van der Waals surface area contributed by atoms with Crippen molar-refractivity contribution in [2.45, 2.75) is 25.7 Å². The average molecular weight is 268 g/mol. The Bertz CT molecular complexity index is 398. The maximum absolute atomic E-state index is 10.9. The number of para-hydroxylation sites is 1. The van der Waals surface area contributed by atoms with Crippen molar-refractivity contribution in [2.24, 2.45) is 0 Å². The third-order valence-electron chi connectivity index (χ3n) is 2.41. The van der Waals surface area contributed by atoms with E-state index < -0.39 is 14.0 Å². The van der Waals surface area contributed by atoms with Crippen molar-refractivity contribution in [1.82, 2.24) is 0 Å². The van der Waals surface area contributed by atoms with E-state index in [4.69, 9.17) is 14.6 Å². The van der Waals surface area contributed by atoms with E-state index in [9.17, 15) is 4.79 Å². The fourth-order valence-corrected chi connectivity index (χ4v) is 2.07. The Morgan fingerprint density at radius 2 is 1.94 bits per heavy atom. The Morgan fingerprint density at radius 1 is 1.28 bits per heavy atom. The molecule has 1 N–H and O–H groups in total. The lowest BCUT2D eigenvalue weighted by Gasteiger charge is -2.15. The van der Waals surface area contributed by atoms with Crippen LogP contribution in [-0.2, 0) is 4.74 Å². The molecular weight excluding hydrogens is 248 g/mol. The largest absolute Gasteiger partial charge is 0.478 e. The van der Waals surface area contributed by atoms with Crippen molar-refractivity contribution in [2.75, 3.05) is 13.4 Å². The molecular formula is C13H20O4Si. The molecule has 0 radical (unpaired) electrons. The standard InChI is InChI=1S/C13H20O4Si/c1-18(2,3)9-8-16-10-17-12-7-5-4-6-11(12)13(14)15/h4-7H,8-10H2,1-3H3,(H,14,15). The number of hydrogen-bond donors (Lipinski definition) is 1. The highest BCUT2D eigenvalue weighted by Gasteiger charge is 2.13. The molecule has 4 nitrogen and oxygen atoms in total. The molecule has 0 spiro atoms. The molecule has 0 amide bonds. The van der Waals surface area contributed by atoms with Crippen LogP contribution in [0.4, 0.5) is 0 Å². The highest BCUT2D eigenvalue weighted by atomic mass is 28.3. The van der Waals surface area contributed by atoms with E-state index in [1.54, 1.807) is 18.2 Å². The van der Waals surface area contributed by atoms with Crippen LogP contribution in [0.3, 0.4) is 0 Å². The highest BCUT2D eigenvalue weighted by molar-refractivity contribution is 6.76. The second kappa shape index (κ2) is 6.56.